The van der Waals surface area contributed by atoms with Gasteiger partial charge in [0.15, 0.2) is 0 Å². The van der Waals surface area contributed by atoms with Gasteiger partial charge in [-0.05, 0) is 30.2 Å². The lowest BCUT2D eigenvalue weighted by Crippen LogP contribution is -2.32. The Labute approximate surface area is 181 Å². The SMILES string of the molecule is COCCN(CCC(=O)NCc1ccncc1)c1nc(Cc2ccc(C)cc2)ns1. The number of hydrogen-bond acceptors (Lipinski definition) is 7. The second kappa shape index (κ2) is 11.4. The Hall–Kier alpha value is -2.84. The summed E-state index contributed by atoms with van der Waals surface area (Å²) >= 11 is 1.36. The van der Waals surface area contributed by atoms with E-state index in [4.69, 9.17) is 9.72 Å². The van der Waals surface area contributed by atoms with E-state index < -0.39 is 0 Å². The maximum atomic E-state index is 12.3. The van der Waals surface area contributed by atoms with Gasteiger partial charge in [-0.1, -0.05) is 29.8 Å². The number of aryl methyl sites for hydroxylation is 1. The highest BCUT2D eigenvalue weighted by Crippen LogP contribution is 2.19. The van der Waals surface area contributed by atoms with Crippen molar-refractivity contribution in [1.29, 1.82) is 0 Å². The van der Waals surface area contributed by atoms with Crippen molar-refractivity contribution >= 4 is 22.6 Å². The summed E-state index contributed by atoms with van der Waals surface area (Å²) in [6, 6.07) is 12.2. The molecule has 1 amide bonds. The zero-order valence-electron chi connectivity index (χ0n) is 17.4. The van der Waals surface area contributed by atoms with E-state index >= 15 is 0 Å². The predicted octanol–water partition coefficient (Wildman–Crippen LogP) is 2.99. The molecule has 0 aliphatic rings. The van der Waals surface area contributed by atoms with Crippen LogP contribution in [0.2, 0.25) is 0 Å². The molecule has 8 heteroatoms. The summed E-state index contributed by atoms with van der Waals surface area (Å²) in [6.45, 7) is 4.35. The smallest absolute Gasteiger partial charge is 0.222 e. The second-order valence-corrected chi connectivity index (χ2v) is 7.75. The van der Waals surface area contributed by atoms with Crippen molar-refractivity contribution < 1.29 is 9.53 Å². The quantitative estimate of drug-likeness (QED) is 0.509. The molecular weight excluding hydrogens is 398 g/mol. The van der Waals surface area contributed by atoms with E-state index in [9.17, 15) is 4.79 Å². The number of benzene rings is 1. The maximum Gasteiger partial charge on any atom is 0.222 e. The summed E-state index contributed by atoms with van der Waals surface area (Å²) in [7, 11) is 1.67. The second-order valence-electron chi connectivity index (χ2n) is 7.02. The number of pyridine rings is 1. The Morgan fingerprint density at radius 2 is 1.87 bits per heavy atom. The third-order valence-electron chi connectivity index (χ3n) is 4.62. The van der Waals surface area contributed by atoms with Crippen LogP contribution in [0.1, 0.15) is 28.9 Å². The van der Waals surface area contributed by atoms with Crippen LogP contribution >= 0.6 is 11.5 Å². The highest BCUT2D eigenvalue weighted by atomic mass is 32.1. The molecule has 1 N–H and O–H groups in total. The number of nitrogens with zero attached hydrogens (tertiary/aromatic N) is 4. The minimum Gasteiger partial charge on any atom is -0.383 e. The van der Waals surface area contributed by atoms with Crippen LogP contribution in [0.5, 0.6) is 0 Å². The molecule has 158 valence electrons. The highest BCUT2D eigenvalue weighted by Gasteiger charge is 2.14. The van der Waals surface area contributed by atoms with Crippen molar-refractivity contribution in [3.8, 4) is 0 Å². The van der Waals surface area contributed by atoms with Crippen molar-refractivity contribution in [3.63, 3.8) is 0 Å². The van der Waals surface area contributed by atoms with Crippen LogP contribution in [0, 0.1) is 6.92 Å². The van der Waals surface area contributed by atoms with Gasteiger partial charge in [0.25, 0.3) is 0 Å². The van der Waals surface area contributed by atoms with Crippen molar-refractivity contribution in [2.75, 3.05) is 31.7 Å². The van der Waals surface area contributed by atoms with E-state index in [0.717, 1.165) is 16.5 Å². The molecule has 2 heterocycles. The monoisotopic (exact) mass is 425 g/mol. The first-order valence-electron chi connectivity index (χ1n) is 9.91. The molecule has 0 unspecified atom stereocenters. The standard InChI is InChI=1S/C22H27N5O2S/c1-17-3-5-18(6-4-17)15-20-25-22(30-26-20)27(13-14-29-2)12-9-21(28)24-16-19-7-10-23-11-8-19/h3-8,10-11H,9,12-16H2,1-2H3,(H,24,28). The van der Waals surface area contributed by atoms with Crippen LogP contribution in [0.15, 0.2) is 48.8 Å². The Bertz CT molecular complexity index is 915. The molecule has 0 fully saturated rings. The molecule has 3 rings (SSSR count). The fourth-order valence-corrected chi connectivity index (χ4v) is 3.60. The fraction of sp³-hybridized carbons (Fsp3) is 0.364. The number of carbonyl (C=O) groups excluding carboxylic acids is 1. The van der Waals surface area contributed by atoms with Gasteiger partial charge in [0, 0.05) is 63.5 Å². The molecule has 3 aromatic rings. The third kappa shape index (κ3) is 6.89. The lowest BCUT2D eigenvalue weighted by molar-refractivity contribution is -0.121. The van der Waals surface area contributed by atoms with Gasteiger partial charge in [-0.25, -0.2) is 4.98 Å². The number of rotatable bonds is 11. The molecule has 7 nitrogen and oxygen atoms in total. The number of aromatic nitrogens is 3. The number of nitrogens with one attached hydrogen (secondary N) is 1. The van der Waals surface area contributed by atoms with E-state index in [1.54, 1.807) is 19.5 Å². The van der Waals surface area contributed by atoms with Crippen LogP contribution in [-0.2, 0) is 22.5 Å². The minimum atomic E-state index is -0.00127. The van der Waals surface area contributed by atoms with Gasteiger partial charge in [-0.15, -0.1) is 0 Å². The molecule has 0 atom stereocenters. The van der Waals surface area contributed by atoms with E-state index in [1.807, 2.05) is 12.1 Å². The zero-order valence-corrected chi connectivity index (χ0v) is 18.2. The molecular formula is C22H27N5O2S. The van der Waals surface area contributed by atoms with Gasteiger partial charge in [-0.2, -0.15) is 4.37 Å². The average molecular weight is 426 g/mol. The first-order chi connectivity index (χ1) is 14.6. The molecule has 30 heavy (non-hydrogen) atoms. The van der Waals surface area contributed by atoms with Gasteiger partial charge < -0.3 is 15.0 Å². The molecule has 0 aliphatic heterocycles. The molecule has 0 saturated carbocycles. The molecule has 0 aliphatic carbocycles. The summed E-state index contributed by atoms with van der Waals surface area (Å²) in [6.07, 6.45) is 4.51. The summed E-state index contributed by atoms with van der Waals surface area (Å²) in [4.78, 5) is 23.0. The van der Waals surface area contributed by atoms with E-state index in [0.29, 0.717) is 39.1 Å². The minimum absolute atomic E-state index is 0.00127. The number of ether oxygens (including phenoxy) is 1. The Kier molecular flexibility index (Phi) is 8.29. The fourth-order valence-electron chi connectivity index (χ4n) is 2.86. The van der Waals surface area contributed by atoms with E-state index in [2.05, 4.69) is 50.8 Å². The van der Waals surface area contributed by atoms with Crippen LogP contribution in [0.4, 0.5) is 5.13 Å². The lowest BCUT2D eigenvalue weighted by Gasteiger charge is -2.20. The van der Waals surface area contributed by atoms with Crippen LogP contribution < -0.4 is 10.2 Å². The number of methoxy groups -OCH3 is 1. The van der Waals surface area contributed by atoms with E-state index in [-0.39, 0.29) is 5.91 Å². The molecule has 0 bridgehead atoms. The Balaban J connectivity index is 1.55. The largest absolute Gasteiger partial charge is 0.383 e. The van der Waals surface area contributed by atoms with Gasteiger partial charge in [-0.3, -0.25) is 9.78 Å². The maximum absolute atomic E-state index is 12.3. The molecule has 0 saturated heterocycles. The molecule has 0 radical (unpaired) electrons. The summed E-state index contributed by atoms with van der Waals surface area (Å²) in [5.41, 5.74) is 3.45. The normalized spacial score (nSPS) is 10.7. The number of anilines is 1. The number of carbonyl (C=O) groups is 1. The predicted molar refractivity (Wildman–Crippen MR) is 119 cm³/mol. The van der Waals surface area contributed by atoms with Crippen molar-refractivity contribution in [2.24, 2.45) is 0 Å². The average Bonchev–Trinajstić information content (AvgIpc) is 3.23. The van der Waals surface area contributed by atoms with Gasteiger partial charge in [0.05, 0.1) is 6.61 Å². The van der Waals surface area contributed by atoms with Crippen LogP contribution in [-0.4, -0.2) is 47.1 Å². The number of hydrogen-bond donors (Lipinski definition) is 1. The van der Waals surface area contributed by atoms with Gasteiger partial charge in [0.1, 0.15) is 5.82 Å². The summed E-state index contributed by atoms with van der Waals surface area (Å²) in [5, 5.41) is 3.76. The zero-order chi connectivity index (χ0) is 21.2. The number of amides is 1. The summed E-state index contributed by atoms with van der Waals surface area (Å²) in [5.74, 6) is 0.794. The molecule has 0 spiro atoms. The first kappa shape index (κ1) is 21.9. The van der Waals surface area contributed by atoms with Crippen molar-refractivity contribution in [3.05, 3.63) is 71.3 Å². The third-order valence-corrected chi connectivity index (χ3v) is 5.44. The van der Waals surface area contributed by atoms with Crippen LogP contribution in [0.3, 0.4) is 0 Å². The molecule has 2 aromatic heterocycles. The van der Waals surface area contributed by atoms with Crippen molar-refractivity contribution in [2.45, 2.75) is 26.3 Å². The summed E-state index contributed by atoms with van der Waals surface area (Å²) < 4.78 is 9.74. The van der Waals surface area contributed by atoms with Gasteiger partial charge >= 0.3 is 0 Å². The highest BCUT2D eigenvalue weighted by molar-refractivity contribution is 7.09. The van der Waals surface area contributed by atoms with Gasteiger partial charge in [0.2, 0.25) is 11.0 Å². The van der Waals surface area contributed by atoms with Crippen LogP contribution in [0.25, 0.3) is 0 Å². The lowest BCUT2D eigenvalue weighted by atomic mass is 10.1. The topological polar surface area (TPSA) is 80.2 Å². The first-order valence-corrected chi connectivity index (χ1v) is 10.7. The van der Waals surface area contributed by atoms with Crippen molar-refractivity contribution in [1.82, 2.24) is 19.7 Å². The molecule has 1 aromatic carbocycles. The van der Waals surface area contributed by atoms with E-state index in [1.165, 1.54) is 22.7 Å². The Morgan fingerprint density at radius 1 is 1.10 bits per heavy atom. The Morgan fingerprint density at radius 3 is 2.60 bits per heavy atom.